The lowest BCUT2D eigenvalue weighted by molar-refractivity contribution is 0.660. The minimum absolute atomic E-state index is 0.0526. The first kappa shape index (κ1) is 14.8. The number of hydrogen-bond acceptors (Lipinski definition) is 1. The van der Waals surface area contributed by atoms with Gasteiger partial charge >= 0.3 is 0 Å². The number of nitrogen functional groups attached to an aromatic ring is 1. The van der Waals surface area contributed by atoms with Gasteiger partial charge in [0.1, 0.15) is 0 Å². The van der Waals surface area contributed by atoms with Gasteiger partial charge in [0.2, 0.25) is 0 Å². The highest BCUT2D eigenvalue weighted by atomic mass is 14.5. The van der Waals surface area contributed by atoms with Crippen molar-refractivity contribution >= 4 is 17.8 Å². The molecule has 0 radical (unpaired) electrons. The Morgan fingerprint density at radius 3 is 2.12 bits per heavy atom. The molecule has 0 saturated carbocycles. The highest BCUT2D eigenvalue weighted by Crippen LogP contribution is 2.48. The van der Waals surface area contributed by atoms with Gasteiger partial charge in [0.15, 0.2) is 0 Å². The molecular weight excluding hydrogens is 290 g/mol. The number of fused-ring (bicyclic) bond motifs is 3. The van der Waals surface area contributed by atoms with Crippen molar-refractivity contribution in [2.45, 2.75) is 19.3 Å². The summed E-state index contributed by atoms with van der Waals surface area (Å²) in [7, 11) is 0. The SMILES string of the molecule is CC1(C)c2ccccc2-c2ccc(/C=C/c3ccc(N)cc3)cc21. The quantitative estimate of drug-likeness (QED) is 0.473. The van der Waals surface area contributed by atoms with Crippen molar-refractivity contribution in [1.82, 2.24) is 0 Å². The highest BCUT2D eigenvalue weighted by molar-refractivity contribution is 5.82. The Labute approximate surface area is 143 Å². The zero-order chi connectivity index (χ0) is 16.7. The van der Waals surface area contributed by atoms with Crippen LogP contribution in [0.4, 0.5) is 5.69 Å². The fourth-order valence-corrected chi connectivity index (χ4v) is 3.63. The van der Waals surface area contributed by atoms with Gasteiger partial charge in [0.05, 0.1) is 0 Å². The van der Waals surface area contributed by atoms with E-state index >= 15 is 0 Å². The maximum Gasteiger partial charge on any atom is 0.0314 e. The second-order valence-electron chi connectivity index (χ2n) is 6.98. The van der Waals surface area contributed by atoms with Crippen molar-refractivity contribution in [3.8, 4) is 11.1 Å². The molecule has 1 aliphatic rings. The van der Waals surface area contributed by atoms with Crippen LogP contribution in [0.1, 0.15) is 36.1 Å². The van der Waals surface area contributed by atoms with Gasteiger partial charge in [-0.25, -0.2) is 0 Å². The summed E-state index contributed by atoms with van der Waals surface area (Å²) >= 11 is 0. The van der Waals surface area contributed by atoms with E-state index in [4.69, 9.17) is 5.73 Å². The first-order valence-corrected chi connectivity index (χ1v) is 8.34. The molecule has 2 N–H and O–H groups in total. The minimum Gasteiger partial charge on any atom is -0.399 e. The predicted molar refractivity (Wildman–Crippen MR) is 104 cm³/mol. The van der Waals surface area contributed by atoms with Gasteiger partial charge < -0.3 is 5.73 Å². The highest BCUT2D eigenvalue weighted by Gasteiger charge is 2.34. The second-order valence-corrected chi connectivity index (χ2v) is 6.98. The largest absolute Gasteiger partial charge is 0.399 e. The zero-order valence-electron chi connectivity index (χ0n) is 14.1. The van der Waals surface area contributed by atoms with Crippen molar-refractivity contribution in [2.75, 3.05) is 5.73 Å². The van der Waals surface area contributed by atoms with E-state index in [0.717, 1.165) is 11.3 Å². The monoisotopic (exact) mass is 311 g/mol. The molecule has 0 spiro atoms. The van der Waals surface area contributed by atoms with Crippen molar-refractivity contribution in [1.29, 1.82) is 0 Å². The second kappa shape index (κ2) is 5.38. The number of hydrogen-bond donors (Lipinski definition) is 1. The molecule has 0 heterocycles. The summed E-state index contributed by atoms with van der Waals surface area (Å²) in [6, 6.07) is 23.5. The van der Waals surface area contributed by atoms with Crippen LogP contribution < -0.4 is 5.73 Å². The summed E-state index contributed by atoms with van der Waals surface area (Å²) in [5, 5.41) is 0. The van der Waals surface area contributed by atoms with Crippen molar-refractivity contribution in [3.63, 3.8) is 0 Å². The van der Waals surface area contributed by atoms with Gasteiger partial charge in [-0.05, 0) is 45.5 Å². The molecule has 4 rings (SSSR count). The molecule has 0 aromatic heterocycles. The predicted octanol–water partition coefficient (Wildman–Crippen LogP) is 5.75. The normalized spacial score (nSPS) is 14.6. The lowest BCUT2D eigenvalue weighted by Gasteiger charge is -2.21. The molecular formula is C23H21N. The van der Waals surface area contributed by atoms with Gasteiger partial charge in [-0.2, -0.15) is 0 Å². The Morgan fingerprint density at radius 2 is 1.33 bits per heavy atom. The Kier molecular flexibility index (Phi) is 3.31. The Balaban J connectivity index is 1.72. The van der Waals surface area contributed by atoms with Gasteiger partial charge in [0.25, 0.3) is 0 Å². The van der Waals surface area contributed by atoms with E-state index in [1.54, 1.807) is 0 Å². The zero-order valence-corrected chi connectivity index (χ0v) is 14.1. The maximum atomic E-state index is 5.74. The summed E-state index contributed by atoms with van der Waals surface area (Å²) in [5.41, 5.74) is 14.5. The van der Waals surface area contributed by atoms with Crippen LogP contribution in [0, 0.1) is 0 Å². The van der Waals surface area contributed by atoms with Crippen LogP contribution in [0.5, 0.6) is 0 Å². The molecule has 1 nitrogen and oxygen atoms in total. The average Bonchev–Trinajstić information content (AvgIpc) is 2.83. The number of nitrogens with two attached hydrogens (primary N) is 1. The van der Waals surface area contributed by atoms with Crippen molar-refractivity contribution < 1.29 is 0 Å². The molecule has 118 valence electrons. The molecule has 24 heavy (non-hydrogen) atoms. The van der Waals surface area contributed by atoms with Crippen LogP contribution in [0.15, 0.2) is 66.7 Å². The van der Waals surface area contributed by atoms with Gasteiger partial charge in [-0.3, -0.25) is 0 Å². The summed E-state index contributed by atoms with van der Waals surface area (Å²) in [6.07, 6.45) is 4.31. The lowest BCUT2D eigenvalue weighted by Crippen LogP contribution is -2.14. The van der Waals surface area contributed by atoms with E-state index < -0.39 is 0 Å². The van der Waals surface area contributed by atoms with E-state index in [1.165, 1.54) is 27.8 Å². The Morgan fingerprint density at radius 1 is 0.708 bits per heavy atom. The van der Waals surface area contributed by atoms with Crippen LogP contribution in [-0.2, 0) is 5.41 Å². The lowest BCUT2D eigenvalue weighted by atomic mass is 9.82. The standard InChI is InChI=1S/C23H21N/c1-23(2)21-6-4-3-5-19(21)20-14-11-17(15-22(20)23)8-7-16-9-12-18(24)13-10-16/h3-15H,24H2,1-2H3/b8-7+. The van der Waals surface area contributed by atoms with E-state index in [1.807, 2.05) is 24.3 Å². The topological polar surface area (TPSA) is 26.0 Å². The Bertz CT molecular complexity index is 931. The summed E-state index contributed by atoms with van der Waals surface area (Å²) in [4.78, 5) is 0. The Hall–Kier alpha value is -2.80. The molecule has 0 saturated heterocycles. The summed E-state index contributed by atoms with van der Waals surface area (Å²) in [6.45, 7) is 4.62. The molecule has 0 atom stereocenters. The van der Waals surface area contributed by atoms with Gasteiger partial charge in [-0.15, -0.1) is 0 Å². The molecule has 0 amide bonds. The van der Waals surface area contributed by atoms with E-state index in [2.05, 4.69) is 68.5 Å². The summed E-state index contributed by atoms with van der Waals surface area (Å²) in [5.74, 6) is 0. The first-order valence-electron chi connectivity index (χ1n) is 8.34. The molecule has 3 aromatic carbocycles. The fraction of sp³-hybridized carbons (Fsp3) is 0.130. The third-order valence-corrected chi connectivity index (χ3v) is 5.01. The molecule has 3 aromatic rings. The van der Waals surface area contributed by atoms with Crippen LogP contribution in [-0.4, -0.2) is 0 Å². The molecule has 0 fully saturated rings. The fourth-order valence-electron chi connectivity index (χ4n) is 3.63. The number of rotatable bonds is 2. The summed E-state index contributed by atoms with van der Waals surface area (Å²) < 4.78 is 0. The smallest absolute Gasteiger partial charge is 0.0314 e. The van der Waals surface area contributed by atoms with Gasteiger partial charge in [0, 0.05) is 11.1 Å². The van der Waals surface area contributed by atoms with Crippen LogP contribution in [0.3, 0.4) is 0 Å². The van der Waals surface area contributed by atoms with E-state index in [-0.39, 0.29) is 5.41 Å². The third-order valence-electron chi connectivity index (χ3n) is 5.01. The van der Waals surface area contributed by atoms with Crippen molar-refractivity contribution in [2.24, 2.45) is 0 Å². The minimum atomic E-state index is 0.0526. The van der Waals surface area contributed by atoms with E-state index in [9.17, 15) is 0 Å². The van der Waals surface area contributed by atoms with E-state index in [0.29, 0.717) is 0 Å². The average molecular weight is 311 g/mol. The van der Waals surface area contributed by atoms with Crippen LogP contribution in [0.25, 0.3) is 23.3 Å². The number of benzene rings is 3. The molecule has 1 aliphatic carbocycles. The first-order chi connectivity index (χ1) is 11.6. The van der Waals surface area contributed by atoms with Crippen LogP contribution >= 0.6 is 0 Å². The molecule has 0 aliphatic heterocycles. The van der Waals surface area contributed by atoms with Gasteiger partial charge in [-0.1, -0.05) is 80.6 Å². The van der Waals surface area contributed by atoms with Crippen molar-refractivity contribution in [3.05, 3.63) is 89.0 Å². The third kappa shape index (κ3) is 2.33. The molecule has 0 unspecified atom stereocenters. The molecule has 1 heteroatoms. The number of anilines is 1. The maximum absolute atomic E-state index is 5.74. The molecule has 0 bridgehead atoms. The van der Waals surface area contributed by atoms with Crippen LogP contribution in [0.2, 0.25) is 0 Å².